The molecule has 0 unspecified atom stereocenters. The largest absolute Gasteiger partial charge is 0.508 e. The van der Waals surface area contributed by atoms with Gasteiger partial charge in [0.15, 0.2) is 5.78 Å². The number of phenolic OH excluding ortho intramolecular Hbond substituents is 1. The van der Waals surface area contributed by atoms with Crippen LogP contribution in [0.1, 0.15) is 27.1 Å². The molecule has 0 saturated heterocycles. The average Bonchev–Trinajstić information content (AvgIpc) is 2.47. The number of aromatic hydroxyl groups is 1. The topological polar surface area (TPSA) is 57.6 Å². The number of Topliss-reactive ketones (excluding diaryl/α,β-unsaturated/α-hetero) is 1. The molecule has 1 aliphatic heterocycles. The molecular weight excluding hydrogens is 254 g/mol. The van der Waals surface area contributed by atoms with Gasteiger partial charge >= 0.3 is 0 Å². The number of ketones is 1. The fourth-order valence-electron chi connectivity index (χ4n) is 2.42. The van der Waals surface area contributed by atoms with Crippen LogP contribution < -0.4 is 4.90 Å². The Morgan fingerprint density at radius 1 is 1.10 bits per heavy atom. The number of fused-ring (bicyclic) bond motifs is 1. The molecule has 1 N–H and O–H groups in total. The monoisotopic (exact) mass is 267 g/mol. The predicted molar refractivity (Wildman–Crippen MR) is 75.2 cm³/mol. The van der Waals surface area contributed by atoms with Crippen LogP contribution in [-0.4, -0.2) is 23.3 Å². The third kappa shape index (κ3) is 2.05. The Bertz CT molecular complexity index is 694. The molecule has 0 bridgehead atoms. The van der Waals surface area contributed by atoms with Gasteiger partial charge < -0.3 is 10.0 Å². The van der Waals surface area contributed by atoms with E-state index < -0.39 is 0 Å². The highest BCUT2D eigenvalue weighted by molar-refractivity contribution is 6.13. The molecule has 2 aromatic carbocycles. The van der Waals surface area contributed by atoms with Gasteiger partial charge in [-0.25, -0.2) is 0 Å². The first-order chi connectivity index (χ1) is 9.66. The van der Waals surface area contributed by atoms with Crippen molar-refractivity contribution in [2.75, 3.05) is 11.4 Å². The third-order valence-corrected chi connectivity index (χ3v) is 3.40. The number of anilines is 1. The Hall–Kier alpha value is -2.62. The van der Waals surface area contributed by atoms with Crippen LogP contribution in [0.4, 0.5) is 5.69 Å². The average molecular weight is 267 g/mol. The number of carbonyl (C=O) groups excluding carboxylic acids is 2. The summed E-state index contributed by atoms with van der Waals surface area (Å²) in [7, 11) is 0. The molecule has 100 valence electrons. The van der Waals surface area contributed by atoms with Crippen molar-refractivity contribution in [2.45, 2.75) is 6.42 Å². The van der Waals surface area contributed by atoms with Gasteiger partial charge in [0.05, 0.1) is 5.69 Å². The van der Waals surface area contributed by atoms with E-state index in [-0.39, 0.29) is 17.4 Å². The van der Waals surface area contributed by atoms with E-state index in [9.17, 15) is 14.7 Å². The fourth-order valence-corrected chi connectivity index (χ4v) is 2.42. The summed E-state index contributed by atoms with van der Waals surface area (Å²) in [5.74, 6) is -0.0985. The van der Waals surface area contributed by atoms with Gasteiger partial charge in [-0.2, -0.15) is 0 Å². The molecule has 1 heterocycles. The van der Waals surface area contributed by atoms with Crippen molar-refractivity contribution in [3.63, 3.8) is 0 Å². The first-order valence-corrected chi connectivity index (χ1v) is 6.40. The lowest BCUT2D eigenvalue weighted by Gasteiger charge is -2.28. The van der Waals surface area contributed by atoms with Crippen LogP contribution in [0, 0.1) is 0 Å². The van der Waals surface area contributed by atoms with Gasteiger partial charge in [0.25, 0.3) is 5.91 Å². The summed E-state index contributed by atoms with van der Waals surface area (Å²) in [5, 5.41) is 9.47. The lowest BCUT2D eigenvalue weighted by Crippen LogP contribution is -2.37. The van der Waals surface area contributed by atoms with E-state index in [0.29, 0.717) is 29.8 Å². The van der Waals surface area contributed by atoms with E-state index in [0.717, 1.165) is 0 Å². The van der Waals surface area contributed by atoms with Crippen LogP contribution in [0.2, 0.25) is 0 Å². The lowest BCUT2D eigenvalue weighted by atomic mass is 9.99. The second kappa shape index (κ2) is 4.81. The van der Waals surface area contributed by atoms with E-state index in [1.165, 1.54) is 12.1 Å². The van der Waals surface area contributed by atoms with Crippen molar-refractivity contribution in [1.29, 1.82) is 0 Å². The SMILES string of the molecule is O=C1CCN(C(=O)c2cccc(O)c2)c2ccccc21. The molecule has 3 rings (SSSR count). The van der Waals surface area contributed by atoms with Gasteiger partial charge in [-0.15, -0.1) is 0 Å². The smallest absolute Gasteiger partial charge is 0.258 e. The molecule has 4 heteroatoms. The summed E-state index contributed by atoms with van der Waals surface area (Å²) in [6.45, 7) is 0.365. The fraction of sp³-hybridized carbons (Fsp3) is 0.125. The van der Waals surface area contributed by atoms with E-state index >= 15 is 0 Å². The second-order valence-electron chi connectivity index (χ2n) is 4.70. The summed E-state index contributed by atoms with van der Waals surface area (Å²) in [6.07, 6.45) is 0.321. The lowest BCUT2D eigenvalue weighted by molar-refractivity contribution is 0.0955. The summed E-state index contributed by atoms with van der Waals surface area (Å²) < 4.78 is 0. The minimum Gasteiger partial charge on any atom is -0.508 e. The predicted octanol–water partition coefficient (Wildman–Crippen LogP) is 2.63. The highest BCUT2D eigenvalue weighted by Gasteiger charge is 2.27. The maximum absolute atomic E-state index is 12.5. The van der Waals surface area contributed by atoms with Gasteiger partial charge in [0, 0.05) is 24.1 Å². The second-order valence-corrected chi connectivity index (χ2v) is 4.70. The van der Waals surface area contributed by atoms with Gasteiger partial charge in [0.2, 0.25) is 0 Å². The van der Waals surface area contributed by atoms with Crippen LogP contribution in [0.3, 0.4) is 0 Å². The van der Waals surface area contributed by atoms with Crippen molar-refractivity contribution in [1.82, 2.24) is 0 Å². The molecule has 0 radical (unpaired) electrons. The Morgan fingerprint density at radius 3 is 2.70 bits per heavy atom. The van der Waals surface area contributed by atoms with Crippen LogP contribution in [0.25, 0.3) is 0 Å². The third-order valence-electron chi connectivity index (χ3n) is 3.40. The number of para-hydroxylation sites is 1. The van der Waals surface area contributed by atoms with Crippen LogP contribution in [0.5, 0.6) is 5.75 Å². The number of hydrogen-bond donors (Lipinski definition) is 1. The number of carbonyl (C=O) groups is 2. The zero-order chi connectivity index (χ0) is 14.1. The number of benzene rings is 2. The van der Waals surface area contributed by atoms with Crippen molar-refractivity contribution in [3.8, 4) is 5.75 Å². The molecule has 1 amide bonds. The Kier molecular flexibility index (Phi) is 2.99. The maximum atomic E-state index is 12.5. The van der Waals surface area contributed by atoms with Gasteiger partial charge in [-0.1, -0.05) is 18.2 Å². The molecule has 0 saturated carbocycles. The van der Waals surface area contributed by atoms with Gasteiger partial charge in [-0.05, 0) is 30.3 Å². The Morgan fingerprint density at radius 2 is 1.90 bits per heavy atom. The Labute approximate surface area is 116 Å². The van der Waals surface area contributed by atoms with E-state index in [4.69, 9.17) is 0 Å². The minimum absolute atomic E-state index is 0.0530. The summed E-state index contributed by atoms with van der Waals surface area (Å²) in [4.78, 5) is 26.0. The number of phenols is 1. The minimum atomic E-state index is -0.208. The van der Waals surface area contributed by atoms with E-state index in [2.05, 4.69) is 0 Å². The normalized spacial score (nSPS) is 14.0. The van der Waals surface area contributed by atoms with E-state index in [1.807, 2.05) is 0 Å². The quantitative estimate of drug-likeness (QED) is 0.864. The molecule has 20 heavy (non-hydrogen) atoms. The van der Waals surface area contributed by atoms with Crippen LogP contribution in [0.15, 0.2) is 48.5 Å². The van der Waals surface area contributed by atoms with Gasteiger partial charge in [0.1, 0.15) is 5.75 Å². The molecule has 0 aliphatic carbocycles. The molecular formula is C16H13NO3. The zero-order valence-corrected chi connectivity index (χ0v) is 10.7. The van der Waals surface area contributed by atoms with Crippen molar-refractivity contribution >= 4 is 17.4 Å². The first-order valence-electron chi connectivity index (χ1n) is 6.40. The number of nitrogens with zero attached hydrogens (tertiary/aromatic N) is 1. The highest BCUT2D eigenvalue weighted by Crippen LogP contribution is 2.28. The maximum Gasteiger partial charge on any atom is 0.258 e. The number of hydrogen-bond acceptors (Lipinski definition) is 3. The van der Waals surface area contributed by atoms with Crippen molar-refractivity contribution < 1.29 is 14.7 Å². The number of rotatable bonds is 1. The van der Waals surface area contributed by atoms with E-state index in [1.54, 1.807) is 41.3 Å². The van der Waals surface area contributed by atoms with Gasteiger partial charge in [-0.3, -0.25) is 9.59 Å². The van der Waals surface area contributed by atoms with Crippen LogP contribution >= 0.6 is 0 Å². The molecule has 0 atom stereocenters. The molecule has 1 aliphatic rings. The number of amides is 1. The molecule has 4 nitrogen and oxygen atoms in total. The van der Waals surface area contributed by atoms with Crippen LogP contribution in [-0.2, 0) is 0 Å². The molecule has 2 aromatic rings. The Balaban J connectivity index is 2.01. The summed E-state index contributed by atoms with van der Waals surface area (Å²) in [5.41, 5.74) is 1.62. The zero-order valence-electron chi connectivity index (χ0n) is 10.7. The summed E-state index contributed by atoms with van der Waals surface area (Å²) >= 11 is 0. The standard InChI is InChI=1S/C16H13NO3/c18-12-5-3-4-11(10-12)16(20)17-9-8-15(19)13-6-1-2-7-14(13)17/h1-7,10,18H,8-9H2. The summed E-state index contributed by atoms with van der Waals surface area (Å²) in [6, 6.07) is 13.3. The molecule has 0 aromatic heterocycles. The molecule has 0 spiro atoms. The van der Waals surface area contributed by atoms with Crippen molar-refractivity contribution in [2.24, 2.45) is 0 Å². The molecule has 0 fully saturated rings. The first kappa shape index (κ1) is 12.4. The van der Waals surface area contributed by atoms with Crippen molar-refractivity contribution in [3.05, 3.63) is 59.7 Å². The highest BCUT2D eigenvalue weighted by atomic mass is 16.3.